The molecule has 4 heteroatoms. The van der Waals surface area contributed by atoms with Crippen molar-refractivity contribution in [3.63, 3.8) is 0 Å². The van der Waals surface area contributed by atoms with Crippen LogP contribution >= 0.6 is 0 Å². The van der Waals surface area contributed by atoms with Crippen molar-refractivity contribution < 1.29 is 19.1 Å². The number of rotatable bonds is 6. The van der Waals surface area contributed by atoms with E-state index in [1.54, 1.807) is 13.0 Å². The van der Waals surface area contributed by atoms with E-state index in [4.69, 9.17) is 9.47 Å². The van der Waals surface area contributed by atoms with E-state index in [1.807, 2.05) is 42.5 Å². The summed E-state index contributed by atoms with van der Waals surface area (Å²) in [5, 5.41) is 2.14. The topological polar surface area (TPSA) is 52.6 Å². The smallest absolute Gasteiger partial charge is 0.333 e. The predicted octanol–water partition coefficient (Wildman–Crippen LogP) is 3.74. The van der Waals surface area contributed by atoms with Crippen molar-refractivity contribution in [1.29, 1.82) is 0 Å². The molecule has 2 rings (SSSR count). The van der Waals surface area contributed by atoms with Gasteiger partial charge in [-0.05, 0) is 35.8 Å². The van der Waals surface area contributed by atoms with Crippen LogP contribution in [0.15, 0.2) is 48.0 Å². The van der Waals surface area contributed by atoms with Gasteiger partial charge in [-0.1, -0.05) is 42.5 Å². The predicted molar refractivity (Wildman–Crippen MR) is 89.8 cm³/mol. The molecule has 0 atom stereocenters. The first-order valence-corrected chi connectivity index (χ1v) is 7.58. The third-order valence-electron chi connectivity index (χ3n) is 3.50. The molecule has 0 saturated heterocycles. The van der Waals surface area contributed by atoms with E-state index < -0.39 is 5.97 Å². The third-order valence-corrected chi connectivity index (χ3v) is 3.50. The molecule has 0 radical (unpaired) electrons. The van der Waals surface area contributed by atoms with E-state index in [-0.39, 0.29) is 18.8 Å². The van der Waals surface area contributed by atoms with E-state index in [9.17, 15) is 9.59 Å². The molecule has 0 aliphatic rings. The Balaban J connectivity index is 2.32. The summed E-state index contributed by atoms with van der Waals surface area (Å²) in [4.78, 5) is 23.5. The highest BCUT2D eigenvalue weighted by atomic mass is 16.5. The largest absolute Gasteiger partial charge is 0.466 e. The van der Waals surface area contributed by atoms with Gasteiger partial charge < -0.3 is 9.47 Å². The SMILES string of the molecule is CCOC(=O)CC/C(=C\c1cccc2ccccc12)C(=O)OC. The molecular weight excluding hydrogens is 292 g/mol. The molecule has 2 aromatic carbocycles. The van der Waals surface area contributed by atoms with Crippen molar-refractivity contribution in [2.75, 3.05) is 13.7 Å². The molecule has 0 aromatic heterocycles. The Bertz CT molecular complexity index is 726. The summed E-state index contributed by atoms with van der Waals surface area (Å²) >= 11 is 0. The number of benzene rings is 2. The van der Waals surface area contributed by atoms with Gasteiger partial charge in [-0.25, -0.2) is 4.79 Å². The molecular formula is C19H20O4. The molecule has 0 N–H and O–H groups in total. The van der Waals surface area contributed by atoms with Gasteiger partial charge in [0, 0.05) is 12.0 Å². The Hall–Kier alpha value is -2.62. The van der Waals surface area contributed by atoms with Gasteiger partial charge in [-0.2, -0.15) is 0 Å². The molecule has 0 spiro atoms. The Kier molecular flexibility index (Phi) is 5.92. The monoisotopic (exact) mass is 312 g/mol. The molecule has 0 bridgehead atoms. The quantitative estimate of drug-likeness (QED) is 0.602. The summed E-state index contributed by atoms with van der Waals surface area (Å²) in [6.07, 6.45) is 2.22. The minimum absolute atomic E-state index is 0.152. The summed E-state index contributed by atoms with van der Waals surface area (Å²) in [5.41, 5.74) is 1.38. The first-order valence-electron chi connectivity index (χ1n) is 7.58. The summed E-state index contributed by atoms with van der Waals surface area (Å²) in [5.74, 6) is -0.748. The van der Waals surface area contributed by atoms with Gasteiger partial charge in [0.25, 0.3) is 0 Å². The van der Waals surface area contributed by atoms with Gasteiger partial charge in [0.15, 0.2) is 0 Å². The molecule has 4 nitrogen and oxygen atoms in total. The Morgan fingerprint density at radius 2 is 1.78 bits per heavy atom. The zero-order valence-corrected chi connectivity index (χ0v) is 13.4. The van der Waals surface area contributed by atoms with E-state index in [2.05, 4.69) is 0 Å². The van der Waals surface area contributed by atoms with Crippen molar-refractivity contribution in [3.05, 3.63) is 53.6 Å². The highest BCUT2D eigenvalue weighted by Gasteiger charge is 2.13. The van der Waals surface area contributed by atoms with Crippen LogP contribution in [0, 0.1) is 0 Å². The molecule has 0 amide bonds. The lowest BCUT2D eigenvalue weighted by Gasteiger charge is -2.07. The third kappa shape index (κ3) is 4.42. The van der Waals surface area contributed by atoms with Gasteiger partial charge in [0.1, 0.15) is 0 Å². The van der Waals surface area contributed by atoms with E-state index in [1.165, 1.54) is 7.11 Å². The molecule has 2 aromatic rings. The second-order valence-corrected chi connectivity index (χ2v) is 5.03. The molecule has 120 valence electrons. The molecule has 0 unspecified atom stereocenters. The molecule has 0 aliphatic carbocycles. The molecule has 0 saturated carbocycles. The van der Waals surface area contributed by atoms with Crippen LogP contribution in [0.5, 0.6) is 0 Å². The maximum absolute atomic E-state index is 12.0. The van der Waals surface area contributed by atoms with Crippen LogP contribution in [0.1, 0.15) is 25.3 Å². The summed E-state index contributed by atoms with van der Waals surface area (Å²) in [6.45, 7) is 2.09. The second-order valence-electron chi connectivity index (χ2n) is 5.03. The number of methoxy groups -OCH3 is 1. The number of ether oxygens (including phenoxy) is 2. The van der Waals surface area contributed by atoms with E-state index in [0.29, 0.717) is 12.2 Å². The number of fused-ring (bicyclic) bond motifs is 1. The van der Waals surface area contributed by atoms with Gasteiger partial charge in [-0.3, -0.25) is 4.79 Å². The molecule has 23 heavy (non-hydrogen) atoms. The van der Waals surface area contributed by atoms with Crippen molar-refractivity contribution in [2.45, 2.75) is 19.8 Å². The minimum atomic E-state index is -0.428. The number of hydrogen-bond donors (Lipinski definition) is 0. The highest BCUT2D eigenvalue weighted by Crippen LogP contribution is 2.22. The average Bonchev–Trinajstić information content (AvgIpc) is 2.58. The highest BCUT2D eigenvalue weighted by molar-refractivity contribution is 5.98. The minimum Gasteiger partial charge on any atom is -0.466 e. The maximum Gasteiger partial charge on any atom is 0.333 e. The summed E-state index contributed by atoms with van der Waals surface area (Å²) in [6, 6.07) is 13.8. The van der Waals surface area contributed by atoms with Crippen molar-refractivity contribution in [3.8, 4) is 0 Å². The first kappa shape index (κ1) is 16.7. The van der Waals surface area contributed by atoms with Crippen LogP contribution in [-0.2, 0) is 19.1 Å². The lowest BCUT2D eigenvalue weighted by Crippen LogP contribution is -2.09. The van der Waals surface area contributed by atoms with E-state index >= 15 is 0 Å². The Morgan fingerprint density at radius 3 is 2.52 bits per heavy atom. The number of hydrogen-bond acceptors (Lipinski definition) is 4. The zero-order valence-electron chi connectivity index (χ0n) is 13.4. The fourth-order valence-electron chi connectivity index (χ4n) is 2.40. The zero-order chi connectivity index (χ0) is 16.7. The van der Waals surface area contributed by atoms with Gasteiger partial charge in [0.2, 0.25) is 0 Å². The van der Waals surface area contributed by atoms with Gasteiger partial charge in [-0.15, -0.1) is 0 Å². The van der Waals surface area contributed by atoms with Crippen LogP contribution in [-0.4, -0.2) is 25.7 Å². The van der Waals surface area contributed by atoms with Crippen LogP contribution in [0.2, 0.25) is 0 Å². The lowest BCUT2D eigenvalue weighted by atomic mass is 10.0. The summed E-state index contributed by atoms with van der Waals surface area (Å²) in [7, 11) is 1.34. The molecule has 0 fully saturated rings. The van der Waals surface area contributed by atoms with Crippen molar-refractivity contribution in [1.82, 2.24) is 0 Å². The Labute approximate surface area is 135 Å². The van der Waals surface area contributed by atoms with Crippen molar-refractivity contribution in [2.24, 2.45) is 0 Å². The van der Waals surface area contributed by atoms with Crippen molar-refractivity contribution >= 4 is 28.8 Å². The van der Waals surface area contributed by atoms with Gasteiger partial charge >= 0.3 is 11.9 Å². The lowest BCUT2D eigenvalue weighted by molar-refractivity contribution is -0.143. The second kappa shape index (κ2) is 8.13. The van der Waals surface area contributed by atoms with Crippen LogP contribution in [0.4, 0.5) is 0 Å². The van der Waals surface area contributed by atoms with Crippen LogP contribution in [0.25, 0.3) is 16.8 Å². The first-order chi connectivity index (χ1) is 11.2. The maximum atomic E-state index is 12.0. The number of carbonyl (C=O) groups excluding carboxylic acids is 2. The summed E-state index contributed by atoms with van der Waals surface area (Å²) < 4.78 is 9.74. The molecule has 0 aliphatic heterocycles. The van der Waals surface area contributed by atoms with E-state index in [0.717, 1.165) is 16.3 Å². The fraction of sp³-hybridized carbons (Fsp3) is 0.263. The normalized spacial score (nSPS) is 11.3. The molecule has 0 heterocycles. The van der Waals surface area contributed by atoms with Gasteiger partial charge in [0.05, 0.1) is 13.7 Å². The number of esters is 2. The standard InChI is InChI=1S/C19H20O4/c1-3-23-18(20)12-11-16(19(21)22-2)13-15-9-6-8-14-7-4-5-10-17(14)15/h4-10,13H,3,11-12H2,1-2H3/b16-13+. The van der Waals surface area contributed by atoms with Crippen LogP contribution < -0.4 is 0 Å². The average molecular weight is 312 g/mol. The fourth-order valence-corrected chi connectivity index (χ4v) is 2.40. The Morgan fingerprint density at radius 1 is 1.04 bits per heavy atom. The van der Waals surface area contributed by atoms with Crippen LogP contribution in [0.3, 0.4) is 0 Å². The number of carbonyl (C=O) groups is 2.